The van der Waals surface area contributed by atoms with Gasteiger partial charge in [0, 0.05) is 0 Å². The summed E-state index contributed by atoms with van der Waals surface area (Å²) >= 11 is 0. The number of hydrogen-bond donors (Lipinski definition) is 1. The van der Waals surface area contributed by atoms with Crippen molar-refractivity contribution >= 4 is 33.4 Å². The zero-order valence-electron chi connectivity index (χ0n) is 18.6. The van der Waals surface area contributed by atoms with Crippen molar-refractivity contribution < 1.29 is 22.7 Å². The lowest BCUT2D eigenvalue weighted by Crippen LogP contribution is -2.21. The van der Waals surface area contributed by atoms with Gasteiger partial charge in [-0.3, -0.25) is 4.79 Å². The molecule has 9 heteroatoms. The van der Waals surface area contributed by atoms with Crippen molar-refractivity contribution in [2.45, 2.75) is 18.4 Å². The summed E-state index contributed by atoms with van der Waals surface area (Å²) in [6.07, 6.45) is 1.73. The topological polar surface area (TPSA) is 111 Å². The Morgan fingerprint density at radius 3 is 2.35 bits per heavy atom. The van der Waals surface area contributed by atoms with E-state index in [1.165, 1.54) is 29.3 Å². The predicted octanol–water partition coefficient (Wildman–Crippen LogP) is 3.73. The van der Waals surface area contributed by atoms with Gasteiger partial charge in [0.15, 0.2) is 11.5 Å². The molecular weight excluding hydrogens is 454 g/mol. The van der Waals surface area contributed by atoms with E-state index in [2.05, 4.69) is 5.10 Å². The predicted molar refractivity (Wildman–Crippen MR) is 130 cm³/mol. The zero-order chi connectivity index (χ0) is 24.3. The second kappa shape index (κ2) is 9.50. The van der Waals surface area contributed by atoms with Crippen LogP contribution in [0.4, 0.5) is 5.69 Å². The van der Waals surface area contributed by atoms with Crippen LogP contribution in [0.5, 0.6) is 11.5 Å². The summed E-state index contributed by atoms with van der Waals surface area (Å²) in [5.41, 5.74) is 3.16. The normalized spacial score (nSPS) is 14.9. The highest BCUT2D eigenvalue weighted by Gasteiger charge is 2.29. The maximum Gasteiger partial charge on any atom is 0.280 e. The fourth-order valence-corrected chi connectivity index (χ4v) is 3.95. The molecule has 4 rings (SSSR count). The number of nitrogens with zero attached hydrogens (tertiary/aromatic N) is 2. The van der Waals surface area contributed by atoms with Gasteiger partial charge in [-0.05, 0) is 60.5 Å². The summed E-state index contributed by atoms with van der Waals surface area (Å²) in [5, 5.41) is 10.7. The molecule has 0 saturated heterocycles. The van der Waals surface area contributed by atoms with Gasteiger partial charge in [0.2, 0.25) is 10.0 Å². The van der Waals surface area contributed by atoms with Gasteiger partial charge in [0.1, 0.15) is 6.61 Å². The zero-order valence-corrected chi connectivity index (χ0v) is 19.5. The molecule has 8 nitrogen and oxygen atoms in total. The molecule has 2 N–H and O–H groups in total. The molecule has 1 amide bonds. The van der Waals surface area contributed by atoms with E-state index in [1.54, 1.807) is 32.2 Å². The van der Waals surface area contributed by atoms with Gasteiger partial charge in [0.25, 0.3) is 5.91 Å². The van der Waals surface area contributed by atoms with Gasteiger partial charge in [-0.15, -0.1) is 0 Å². The smallest absolute Gasteiger partial charge is 0.280 e. The lowest BCUT2D eigenvalue weighted by atomic mass is 10.1. The standard InChI is InChI=1S/C25H23N3O5S/c1-17-22(25(29)28(27-17)20-9-11-21(12-10-20)34(26,30)31)14-19-8-13-23(24(15-19)32-2)33-16-18-6-4-3-5-7-18/h3-15H,16H2,1-2H3,(H2,26,30,31)/b22-14-. The molecule has 0 unspecified atom stereocenters. The molecule has 0 atom stereocenters. The van der Waals surface area contributed by atoms with Gasteiger partial charge in [0.05, 0.1) is 29.0 Å². The van der Waals surface area contributed by atoms with Crippen LogP contribution in [-0.2, 0) is 21.4 Å². The highest BCUT2D eigenvalue weighted by atomic mass is 32.2. The van der Waals surface area contributed by atoms with E-state index in [9.17, 15) is 13.2 Å². The molecule has 1 aliphatic rings. The molecular formula is C25H23N3O5S. The first-order chi connectivity index (χ1) is 16.3. The Hall–Kier alpha value is -3.95. The van der Waals surface area contributed by atoms with Gasteiger partial charge >= 0.3 is 0 Å². The van der Waals surface area contributed by atoms with Crippen molar-refractivity contribution in [3.63, 3.8) is 0 Å². The average molecular weight is 478 g/mol. The maximum atomic E-state index is 13.0. The van der Waals surface area contributed by atoms with Crippen LogP contribution in [0.1, 0.15) is 18.1 Å². The van der Waals surface area contributed by atoms with Crippen LogP contribution in [0.2, 0.25) is 0 Å². The molecule has 3 aromatic rings. The van der Waals surface area contributed by atoms with Crippen molar-refractivity contribution in [2.24, 2.45) is 10.2 Å². The van der Waals surface area contributed by atoms with E-state index in [0.717, 1.165) is 11.1 Å². The molecule has 34 heavy (non-hydrogen) atoms. The van der Waals surface area contributed by atoms with Crippen molar-refractivity contribution in [1.29, 1.82) is 0 Å². The molecule has 3 aromatic carbocycles. The van der Waals surface area contributed by atoms with Gasteiger partial charge < -0.3 is 9.47 Å². The summed E-state index contributed by atoms with van der Waals surface area (Å²) in [4.78, 5) is 13.0. The molecule has 0 aromatic heterocycles. The SMILES string of the molecule is COc1cc(/C=C2\C(=O)N(c3ccc(S(N)(=O)=O)cc3)N=C2C)ccc1OCc1ccccc1. The number of rotatable bonds is 7. The van der Waals surface area contributed by atoms with Crippen LogP contribution in [0.25, 0.3) is 6.08 Å². The summed E-state index contributed by atoms with van der Waals surface area (Å²) in [7, 11) is -2.26. The summed E-state index contributed by atoms with van der Waals surface area (Å²) < 4.78 is 34.3. The maximum absolute atomic E-state index is 13.0. The molecule has 174 valence electrons. The summed E-state index contributed by atoms with van der Waals surface area (Å²) in [5.74, 6) is 0.804. The highest BCUT2D eigenvalue weighted by Crippen LogP contribution is 2.31. The molecule has 0 aliphatic carbocycles. The number of anilines is 1. The van der Waals surface area contributed by atoms with Crippen molar-refractivity contribution in [3.05, 3.63) is 89.5 Å². The van der Waals surface area contributed by atoms with Crippen LogP contribution < -0.4 is 19.6 Å². The van der Waals surface area contributed by atoms with E-state index in [0.29, 0.717) is 35.1 Å². The number of hydrazone groups is 1. The Morgan fingerprint density at radius 2 is 1.71 bits per heavy atom. The lowest BCUT2D eigenvalue weighted by Gasteiger charge is -2.13. The summed E-state index contributed by atoms with van der Waals surface area (Å²) in [6.45, 7) is 2.14. The lowest BCUT2D eigenvalue weighted by molar-refractivity contribution is -0.114. The molecule has 1 aliphatic heterocycles. The minimum atomic E-state index is -3.82. The number of benzene rings is 3. The van der Waals surface area contributed by atoms with Crippen LogP contribution in [-0.4, -0.2) is 27.1 Å². The Labute approximate surface area is 198 Å². The van der Waals surface area contributed by atoms with Crippen LogP contribution in [0, 0.1) is 0 Å². The Bertz CT molecular complexity index is 1380. The average Bonchev–Trinajstić information content (AvgIpc) is 3.11. The number of carbonyl (C=O) groups excluding carboxylic acids is 1. The van der Waals surface area contributed by atoms with Crippen LogP contribution in [0.3, 0.4) is 0 Å². The monoisotopic (exact) mass is 477 g/mol. The van der Waals surface area contributed by atoms with Crippen LogP contribution in [0.15, 0.2) is 88.4 Å². The van der Waals surface area contributed by atoms with Gasteiger partial charge in [-0.2, -0.15) is 10.1 Å². The van der Waals surface area contributed by atoms with E-state index in [1.807, 2.05) is 36.4 Å². The van der Waals surface area contributed by atoms with E-state index in [4.69, 9.17) is 14.6 Å². The number of primary sulfonamides is 1. The largest absolute Gasteiger partial charge is 0.493 e. The van der Waals surface area contributed by atoms with E-state index >= 15 is 0 Å². The third kappa shape index (κ3) is 5.00. The fraction of sp³-hybridized carbons (Fsp3) is 0.120. The number of nitrogens with two attached hydrogens (primary N) is 1. The first-order valence-corrected chi connectivity index (χ1v) is 11.9. The van der Waals surface area contributed by atoms with Crippen molar-refractivity contribution in [2.75, 3.05) is 12.1 Å². The molecule has 0 radical (unpaired) electrons. The molecule has 1 heterocycles. The molecule has 0 spiro atoms. The number of methoxy groups -OCH3 is 1. The first-order valence-electron chi connectivity index (χ1n) is 10.4. The number of carbonyl (C=O) groups is 1. The second-order valence-electron chi connectivity index (χ2n) is 7.58. The fourth-order valence-electron chi connectivity index (χ4n) is 3.43. The van der Waals surface area contributed by atoms with E-state index < -0.39 is 10.0 Å². The quantitative estimate of drug-likeness (QED) is 0.521. The Morgan fingerprint density at radius 1 is 1.00 bits per heavy atom. The Balaban J connectivity index is 1.54. The third-order valence-corrected chi connectivity index (χ3v) is 6.14. The number of sulfonamides is 1. The number of amides is 1. The number of hydrogen-bond acceptors (Lipinski definition) is 6. The van der Waals surface area contributed by atoms with Crippen LogP contribution >= 0.6 is 0 Å². The number of ether oxygens (including phenoxy) is 2. The third-order valence-electron chi connectivity index (χ3n) is 5.21. The first kappa shape index (κ1) is 23.2. The second-order valence-corrected chi connectivity index (χ2v) is 9.15. The van der Waals surface area contributed by atoms with Crippen molar-refractivity contribution in [1.82, 2.24) is 0 Å². The molecule has 0 saturated carbocycles. The van der Waals surface area contributed by atoms with Gasteiger partial charge in [-0.25, -0.2) is 13.6 Å². The molecule has 0 bridgehead atoms. The molecule has 0 fully saturated rings. The van der Waals surface area contributed by atoms with Crippen molar-refractivity contribution in [3.8, 4) is 11.5 Å². The minimum Gasteiger partial charge on any atom is -0.493 e. The Kier molecular flexibility index (Phi) is 6.49. The minimum absolute atomic E-state index is 0.0407. The highest BCUT2D eigenvalue weighted by molar-refractivity contribution is 7.89. The van der Waals surface area contributed by atoms with Gasteiger partial charge in [-0.1, -0.05) is 36.4 Å². The summed E-state index contributed by atoms with van der Waals surface area (Å²) in [6, 6.07) is 20.9. The van der Waals surface area contributed by atoms with E-state index in [-0.39, 0.29) is 10.8 Å².